The molecule has 4 nitrogen and oxygen atoms in total. The molecule has 0 aromatic heterocycles. The lowest BCUT2D eigenvalue weighted by Crippen LogP contribution is -2.50. The first-order chi connectivity index (χ1) is 13.2. The highest BCUT2D eigenvalue weighted by Crippen LogP contribution is 2.33. The molecule has 4 heteroatoms. The molecule has 0 radical (unpaired) electrons. The number of likely N-dealkylation sites (tertiary alicyclic amines) is 1. The van der Waals surface area contributed by atoms with Gasteiger partial charge in [0.2, 0.25) is 0 Å². The summed E-state index contributed by atoms with van der Waals surface area (Å²) in [5.41, 5.74) is 3.23. The first kappa shape index (κ1) is 18.1. The van der Waals surface area contributed by atoms with E-state index < -0.39 is 0 Å². The molecule has 2 heterocycles. The van der Waals surface area contributed by atoms with E-state index in [1.165, 1.54) is 5.56 Å². The zero-order valence-electron chi connectivity index (χ0n) is 16.2. The highest BCUT2D eigenvalue weighted by Gasteiger charge is 2.36. The van der Waals surface area contributed by atoms with Crippen LogP contribution in [0.4, 0.5) is 0 Å². The normalized spacial score (nSPS) is 20.8. The van der Waals surface area contributed by atoms with E-state index in [4.69, 9.17) is 4.74 Å². The van der Waals surface area contributed by atoms with Gasteiger partial charge in [-0.1, -0.05) is 35.9 Å². The van der Waals surface area contributed by atoms with Gasteiger partial charge in [0.05, 0.1) is 0 Å². The van der Waals surface area contributed by atoms with E-state index in [2.05, 4.69) is 23.5 Å². The molecule has 2 aliphatic heterocycles. The Bertz CT molecular complexity index is 787. The van der Waals surface area contributed by atoms with Crippen LogP contribution in [0.3, 0.4) is 0 Å². The van der Waals surface area contributed by atoms with Crippen molar-refractivity contribution in [3.05, 3.63) is 65.2 Å². The maximum absolute atomic E-state index is 12.8. The largest absolute Gasteiger partial charge is 0.488 e. The number of amides is 1. The van der Waals surface area contributed by atoms with Gasteiger partial charge in [0.25, 0.3) is 5.91 Å². The number of nitrogens with one attached hydrogen (secondary N) is 1. The van der Waals surface area contributed by atoms with E-state index in [1.54, 1.807) is 0 Å². The van der Waals surface area contributed by atoms with Gasteiger partial charge >= 0.3 is 0 Å². The molecule has 2 aliphatic rings. The van der Waals surface area contributed by atoms with Gasteiger partial charge in [-0.05, 0) is 56.5 Å². The number of rotatable bonds is 4. The Hall–Kier alpha value is -2.33. The highest BCUT2D eigenvalue weighted by molar-refractivity contribution is 5.94. The number of aryl methyl sites for hydroxylation is 1. The van der Waals surface area contributed by atoms with Gasteiger partial charge in [-0.2, -0.15) is 0 Å². The summed E-state index contributed by atoms with van der Waals surface area (Å²) in [5, 5.41) is 3.50. The van der Waals surface area contributed by atoms with Gasteiger partial charge < -0.3 is 15.0 Å². The Balaban J connectivity index is 1.37. The summed E-state index contributed by atoms with van der Waals surface area (Å²) >= 11 is 0. The summed E-state index contributed by atoms with van der Waals surface area (Å²) in [6, 6.07) is 16.5. The standard InChI is InChI=1S/C23H28N2O2/c1-16-6-5-8-19(14-16)23(26)25-12-10-17(11-13-25)22(24-2)21-15-18-7-3-4-9-20(18)27-21/h3-9,14,17,21-22,24H,10-13,15H2,1-2H3. The fraction of sp³-hybridized carbons (Fsp3) is 0.435. The van der Waals surface area contributed by atoms with Crippen molar-refractivity contribution in [2.45, 2.75) is 38.3 Å². The number of hydrogen-bond donors (Lipinski definition) is 1. The predicted molar refractivity (Wildman–Crippen MR) is 107 cm³/mol. The lowest BCUT2D eigenvalue weighted by molar-refractivity contribution is 0.0615. The van der Waals surface area contributed by atoms with Gasteiger partial charge in [-0.25, -0.2) is 0 Å². The number of piperidine rings is 1. The molecule has 0 spiro atoms. The number of fused-ring (bicyclic) bond motifs is 1. The topological polar surface area (TPSA) is 41.6 Å². The minimum atomic E-state index is 0.155. The summed E-state index contributed by atoms with van der Waals surface area (Å²) in [6.07, 6.45) is 3.17. The summed E-state index contributed by atoms with van der Waals surface area (Å²) in [6.45, 7) is 3.66. The second-order valence-corrected chi connectivity index (χ2v) is 7.78. The first-order valence-corrected chi connectivity index (χ1v) is 9.93. The predicted octanol–water partition coefficient (Wildman–Crippen LogP) is 3.44. The zero-order valence-corrected chi connectivity index (χ0v) is 16.2. The number of likely N-dealkylation sites (N-methyl/N-ethyl adjacent to an activating group) is 1. The van der Waals surface area contributed by atoms with Crippen molar-refractivity contribution in [3.8, 4) is 5.75 Å². The van der Waals surface area contributed by atoms with Crippen molar-refractivity contribution >= 4 is 5.91 Å². The molecule has 1 saturated heterocycles. The molecule has 2 unspecified atom stereocenters. The smallest absolute Gasteiger partial charge is 0.253 e. The monoisotopic (exact) mass is 364 g/mol. The van der Waals surface area contributed by atoms with Gasteiger partial charge in [0, 0.05) is 31.1 Å². The van der Waals surface area contributed by atoms with Crippen LogP contribution in [-0.2, 0) is 6.42 Å². The maximum Gasteiger partial charge on any atom is 0.253 e. The molecular formula is C23H28N2O2. The maximum atomic E-state index is 12.8. The van der Waals surface area contributed by atoms with Gasteiger partial charge in [0.1, 0.15) is 11.9 Å². The Morgan fingerprint density at radius 3 is 2.63 bits per heavy atom. The Morgan fingerprint density at radius 2 is 1.93 bits per heavy atom. The minimum Gasteiger partial charge on any atom is -0.488 e. The van der Waals surface area contributed by atoms with E-state index in [0.717, 1.165) is 49.2 Å². The summed E-state index contributed by atoms with van der Waals surface area (Å²) in [7, 11) is 2.03. The molecule has 2 atom stereocenters. The average molecular weight is 364 g/mol. The van der Waals surface area contributed by atoms with Crippen LogP contribution in [0.25, 0.3) is 0 Å². The van der Waals surface area contributed by atoms with E-state index in [-0.39, 0.29) is 12.0 Å². The lowest BCUT2D eigenvalue weighted by Gasteiger charge is -2.38. The third kappa shape index (κ3) is 3.72. The van der Waals surface area contributed by atoms with Crippen LogP contribution in [0.15, 0.2) is 48.5 Å². The molecule has 0 saturated carbocycles. The first-order valence-electron chi connectivity index (χ1n) is 9.93. The lowest BCUT2D eigenvalue weighted by atomic mass is 9.85. The minimum absolute atomic E-state index is 0.155. The number of carbonyl (C=O) groups excluding carboxylic acids is 1. The van der Waals surface area contributed by atoms with Crippen LogP contribution in [0.1, 0.15) is 34.3 Å². The number of nitrogens with zero attached hydrogens (tertiary/aromatic N) is 1. The van der Waals surface area contributed by atoms with Crippen LogP contribution in [0, 0.1) is 12.8 Å². The van der Waals surface area contributed by atoms with Crippen LogP contribution >= 0.6 is 0 Å². The molecule has 1 amide bonds. The molecule has 27 heavy (non-hydrogen) atoms. The van der Waals surface area contributed by atoms with E-state index in [1.807, 2.05) is 49.2 Å². The molecule has 142 valence electrons. The van der Waals surface area contributed by atoms with Crippen molar-refractivity contribution in [3.63, 3.8) is 0 Å². The number of hydrogen-bond acceptors (Lipinski definition) is 3. The van der Waals surface area contributed by atoms with Crippen LogP contribution in [0.5, 0.6) is 5.75 Å². The van der Waals surface area contributed by atoms with E-state index >= 15 is 0 Å². The Morgan fingerprint density at radius 1 is 1.15 bits per heavy atom. The number of benzene rings is 2. The fourth-order valence-corrected chi connectivity index (χ4v) is 4.56. The Kier molecular flexibility index (Phi) is 5.17. The average Bonchev–Trinajstić information content (AvgIpc) is 3.12. The molecule has 2 aromatic rings. The van der Waals surface area contributed by atoms with Gasteiger partial charge in [0.15, 0.2) is 0 Å². The fourth-order valence-electron chi connectivity index (χ4n) is 4.56. The van der Waals surface area contributed by atoms with Gasteiger partial charge in [-0.15, -0.1) is 0 Å². The molecule has 0 aliphatic carbocycles. The second kappa shape index (κ2) is 7.73. The third-order valence-electron chi connectivity index (χ3n) is 6.01. The molecule has 0 bridgehead atoms. The Labute approximate surface area is 161 Å². The van der Waals surface area contributed by atoms with E-state index in [0.29, 0.717) is 12.0 Å². The van der Waals surface area contributed by atoms with Crippen LogP contribution in [-0.4, -0.2) is 43.1 Å². The molecule has 1 fully saturated rings. The van der Waals surface area contributed by atoms with E-state index in [9.17, 15) is 4.79 Å². The summed E-state index contributed by atoms with van der Waals surface area (Å²) in [4.78, 5) is 14.8. The number of para-hydroxylation sites is 1. The molecule has 1 N–H and O–H groups in total. The highest BCUT2D eigenvalue weighted by atomic mass is 16.5. The summed E-state index contributed by atoms with van der Waals surface area (Å²) in [5.74, 6) is 1.70. The third-order valence-corrected chi connectivity index (χ3v) is 6.01. The van der Waals surface area contributed by atoms with Crippen molar-refractivity contribution in [2.24, 2.45) is 5.92 Å². The SMILES string of the molecule is CNC(C1CCN(C(=O)c2cccc(C)c2)CC1)C1Cc2ccccc2O1. The van der Waals surface area contributed by atoms with Crippen molar-refractivity contribution in [2.75, 3.05) is 20.1 Å². The number of carbonyl (C=O) groups is 1. The quantitative estimate of drug-likeness (QED) is 0.904. The van der Waals surface area contributed by atoms with Gasteiger partial charge in [-0.3, -0.25) is 4.79 Å². The molecule has 2 aromatic carbocycles. The number of ether oxygens (including phenoxy) is 1. The van der Waals surface area contributed by atoms with Crippen molar-refractivity contribution in [1.29, 1.82) is 0 Å². The summed E-state index contributed by atoms with van der Waals surface area (Å²) < 4.78 is 6.23. The second-order valence-electron chi connectivity index (χ2n) is 7.78. The van der Waals surface area contributed by atoms with Crippen molar-refractivity contribution < 1.29 is 9.53 Å². The van der Waals surface area contributed by atoms with Crippen LogP contribution in [0.2, 0.25) is 0 Å². The van der Waals surface area contributed by atoms with Crippen LogP contribution < -0.4 is 10.1 Å². The van der Waals surface area contributed by atoms with Crippen molar-refractivity contribution in [1.82, 2.24) is 10.2 Å². The zero-order chi connectivity index (χ0) is 18.8. The molecular weight excluding hydrogens is 336 g/mol. The molecule has 4 rings (SSSR count).